The number of likely N-dealkylation sites (tertiary alicyclic amines) is 1. The lowest BCUT2D eigenvalue weighted by Crippen LogP contribution is -2.62. The second-order valence-electron chi connectivity index (χ2n) is 8.27. The minimum atomic E-state index is -0.239. The van der Waals surface area contributed by atoms with Crippen LogP contribution < -0.4 is 10.2 Å². The number of benzene rings is 2. The number of hydrogen-bond donors (Lipinski definition) is 1. The Morgan fingerprint density at radius 3 is 2.53 bits per heavy atom. The maximum absolute atomic E-state index is 13.8. The van der Waals surface area contributed by atoms with Gasteiger partial charge in [0.2, 0.25) is 0 Å². The van der Waals surface area contributed by atoms with Crippen LogP contribution >= 0.6 is 15.9 Å². The molecule has 30 heavy (non-hydrogen) atoms. The fourth-order valence-corrected chi connectivity index (χ4v) is 4.83. The summed E-state index contributed by atoms with van der Waals surface area (Å²) in [4.78, 5) is 21.1. The highest BCUT2D eigenvalue weighted by molar-refractivity contribution is 9.10. The van der Waals surface area contributed by atoms with Crippen molar-refractivity contribution in [2.24, 2.45) is 5.41 Å². The van der Waals surface area contributed by atoms with Gasteiger partial charge < -0.3 is 15.1 Å². The van der Waals surface area contributed by atoms with Crippen LogP contribution in [0.3, 0.4) is 0 Å². The first kappa shape index (κ1) is 19.3. The minimum Gasteiger partial charge on any atom is -0.371 e. The number of piperidine rings is 1. The van der Waals surface area contributed by atoms with Gasteiger partial charge in [-0.05, 0) is 61.4 Å². The maximum atomic E-state index is 13.8. The highest BCUT2D eigenvalue weighted by Gasteiger charge is 2.46. The zero-order valence-electron chi connectivity index (χ0n) is 16.4. The summed E-state index contributed by atoms with van der Waals surface area (Å²) in [5.74, 6) is -0.239. The molecule has 2 amide bonds. The number of hydrogen-bond acceptors (Lipinski definition) is 3. The largest absolute Gasteiger partial charge is 0.371 e. The molecule has 7 heteroatoms. The number of halogens is 2. The Bertz CT molecular complexity index is 1090. The van der Waals surface area contributed by atoms with Gasteiger partial charge in [-0.15, -0.1) is 0 Å². The molecule has 5 nitrogen and oxygen atoms in total. The summed E-state index contributed by atoms with van der Waals surface area (Å²) in [6, 6.07) is 14.3. The molecule has 0 radical (unpaired) electrons. The topological polar surface area (TPSA) is 48.5 Å². The fraction of sp³-hybridized carbons (Fsp3) is 0.304. The van der Waals surface area contributed by atoms with Gasteiger partial charge in [0.05, 0.1) is 5.52 Å². The zero-order chi connectivity index (χ0) is 20.7. The van der Waals surface area contributed by atoms with Crippen molar-refractivity contribution in [1.29, 1.82) is 0 Å². The number of pyridine rings is 1. The highest BCUT2D eigenvalue weighted by Crippen LogP contribution is 2.42. The summed E-state index contributed by atoms with van der Waals surface area (Å²) in [6.07, 6.45) is 3.83. The van der Waals surface area contributed by atoms with E-state index in [1.54, 1.807) is 18.3 Å². The maximum Gasteiger partial charge on any atom is 0.321 e. The first-order valence-corrected chi connectivity index (χ1v) is 10.9. The molecule has 2 saturated heterocycles. The van der Waals surface area contributed by atoms with Crippen LogP contribution in [0.25, 0.3) is 10.9 Å². The Labute approximate surface area is 183 Å². The van der Waals surface area contributed by atoms with Gasteiger partial charge >= 0.3 is 6.03 Å². The van der Waals surface area contributed by atoms with Crippen LogP contribution in [0.5, 0.6) is 0 Å². The summed E-state index contributed by atoms with van der Waals surface area (Å²) in [5, 5.41) is 3.83. The molecule has 2 aliphatic heterocycles. The Hall–Kier alpha value is -2.67. The van der Waals surface area contributed by atoms with E-state index in [9.17, 15) is 9.18 Å². The number of urea groups is 1. The lowest BCUT2D eigenvalue weighted by Gasteiger charge is -2.54. The summed E-state index contributed by atoms with van der Waals surface area (Å²) in [6.45, 7) is 3.37. The van der Waals surface area contributed by atoms with Gasteiger partial charge in [-0.1, -0.05) is 15.9 Å². The second kappa shape index (κ2) is 7.54. The van der Waals surface area contributed by atoms with Crippen molar-refractivity contribution in [3.63, 3.8) is 0 Å². The molecule has 0 aliphatic carbocycles. The number of carbonyl (C=O) groups is 1. The summed E-state index contributed by atoms with van der Waals surface area (Å²) >= 11 is 3.40. The number of nitrogens with one attached hydrogen (secondary N) is 1. The molecule has 5 rings (SSSR count). The van der Waals surface area contributed by atoms with Crippen molar-refractivity contribution >= 4 is 44.2 Å². The molecule has 1 aromatic heterocycles. The molecule has 0 saturated carbocycles. The third-order valence-corrected chi connectivity index (χ3v) is 6.81. The molecule has 2 aliphatic rings. The second-order valence-corrected chi connectivity index (χ2v) is 9.19. The lowest BCUT2D eigenvalue weighted by atomic mass is 9.72. The van der Waals surface area contributed by atoms with Gasteiger partial charge in [0.15, 0.2) is 0 Å². The molecule has 1 N–H and O–H groups in total. The van der Waals surface area contributed by atoms with E-state index in [1.165, 1.54) is 6.07 Å². The first-order chi connectivity index (χ1) is 14.5. The van der Waals surface area contributed by atoms with Crippen LogP contribution in [0, 0.1) is 11.2 Å². The molecule has 2 aromatic carbocycles. The number of fused-ring (bicyclic) bond motifs is 1. The van der Waals surface area contributed by atoms with E-state index in [0.29, 0.717) is 0 Å². The standard InChI is InChI=1S/C23H22BrFN4O/c24-16-1-4-18(5-2-16)27-22(30)29-14-23(15-29)8-11-28(12-9-23)21-7-10-26-20-6-3-17(25)13-19(20)21/h1-7,10,13H,8-9,11-12,14-15H2,(H,27,30). The highest BCUT2D eigenvalue weighted by atomic mass is 79.9. The van der Waals surface area contributed by atoms with E-state index in [1.807, 2.05) is 35.2 Å². The van der Waals surface area contributed by atoms with Crippen LogP contribution in [0.1, 0.15) is 12.8 Å². The number of anilines is 2. The quantitative estimate of drug-likeness (QED) is 0.557. The molecule has 3 heterocycles. The summed E-state index contributed by atoms with van der Waals surface area (Å²) in [7, 11) is 0. The predicted molar refractivity (Wildman–Crippen MR) is 120 cm³/mol. The average Bonchev–Trinajstić information content (AvgIpc) is 2.73. The minimum absolute atomic E-state index is 0.0408. The first-order valence-electron chi connectivity index (χ1n) is 10.1. The Morgan fingerprint density at radius 1 is 1.07 bits per heavy atom. The van der Waals surface area contributed by atoms with Gasteiger partial charge in [0, 0.05) is 59.0 Å². The molecule has 3 aromatic rings. The van der Waals surface area contributed by atoms with Crippen molar-refractivity contribution in [3.05, 3.63) is 65.0 Å². The van der Waals surface area contributed by atoms with Gasteiger partial charge in [-0.25, -0.2) is 9.18 Å². The molecule has 0 unspecified atom stereocenters. The van der Waals surface area contributed by atoms with Gasteiger partial charge in [-0.3, -0.25) is 4.98 Å². The van der Waals surface area contributed by atoms with Gasteiger partial charge in [0.1, 0.15) is 5.82 Å². The normalized spacial score (nSPS) is 17.8. The van der Waals surface area contributed by atoms with Crippen molar-refractivity contribution in [2.75, 3.05) is 36.4 Å². The number of amides is 2. The SMILES string of the molecule is O=C(Nc1ccc(Br)cc1)N1CC2(CCN(c3ccnc4ccc(F)cc34)CC2)C1. The molecule has 1 spiro atoms. The Morgan fingerprint density at radius 2 is 1.80 bits per heavy atom. The molecule has 0 bridgehead atoms. The van der Waals surface area contributed by atoms with Crippen LogP contribution in [-0.4, -0.2) is 42.1 Å². The molecule has 2 fully saturated rings. The van der Waals surface area contributed by atoms with Gasteiger partial charge in [0.25, 0.3) is 0 Å². The van der Waals surface area contributed by atoms with E-state index in [0.717, 1.165) is 65.8 Å². The number of nitrogens with zero attached hydrogens (tertiary/aromatic N) is 3. The van der Waals surface area contributed by atoms with E-state index >= 15 is 0 Å². The van der Waals surface area contributed by atoms with Gasteiger partial charge in [-0.2, -0.15) is 0 Å². The molecule has 0 atom stereocenters. The third-order valence-electron chi connectivity index (χ3n) is 6.28. The average molecular weight is 469 g/mol. The number of aromatic nitrogens is 1. The Balaban J connectivity index is 1.21. The van der Waals surface area contributed by atoms with E-state index in [2.05, 4.69) is 31.1 Å². The fourth-order valence-electron chi connectivity index (χ4n) is 4.56. The summed E-state index contributed by atoms with van der Waals surface area (Å²) < 4.78 is 14.8. The monoisotopic (exact) mass is 468 g/mol. The predicted octanol–water partition coefficient (Wildman–Crippen LogP) is 5.27. The lowest BCUT2D eigenvalue weighted by molar-refractivity contribution is 0.0160. The van der Waals surface area contributed by atoms with E-state index < -0.39 is 0 Å². The van der Waals surface area contributed by atoms with E-state index in [4.69, 9.17) is 0 Å². The van der Waals surface area contributed by atoms with Crippen molar-refractivity contribution < 1.29 is 9.18 Å². The number of carbonyl (C=O) groups excluding carboxylic acids is 1. The van der Waals surface area contributed by atoms with Crippen molar-refractivity contribution in [1.82, 2.24) is 9.88 Å². The molecular weight excluding hydrogens is 447 g/mol. The molecular formula is C23H22BrFN4O. The third kappa shape index (κ3) is 3.62. The van der Waals surface area contributed by atoms with Crippen LogP contribution in [0.15, 0.2) is 59.2 Å². The van der Waals surface area contributed by atoms with Crippen LogP contribution in [0.2, 0.25) is 0 Å². The molecule has 154 valence electrons. The zero-order valence-corrected chi connectivity index (χ0v) is 18.0. The van der Waals surface area contributed by atoms with Crippen molar-refractivity contribution in [3.8, 4) is 0 Å². The summed E-state index contributed by atoms with van der Waals surface area (Å²) in [5.41, 5.74) is 2.85. The van der Waals surface area contributed by atoms with Crippen LogP contribution in [0.4, 0.5) is 20.6 Å². The Kier molecular flexibility index (Phi) is 4.85. The number of rotatable bonds is 2. The van der Waals surface area contributed by atoms with Crippen molar-refractivity contribution in [2.45, 2.75) is 12.8 Å². The smallest absolute Gasteiger partial charge is 0.321 e. The van der Waals surface area contributed by atoms with E-state index in [-0.39, 0.29) is 17.3 Å². The van der Waals surface area contributed by atoms with Crippen LogP contribution in [-0.2, 0) is 0 Å².